The second-order valence-corrected chi connectivity index (χ2v) is 3.21. The van der Waals surface area contributed by atoms with Gasteiger partial charge in [-0.1, -0.05) is 15.9 Å². The Balaban J connectivity index is 3.33. The summed E-state index contributed by atoms with van der Waals surface area (Å²) in [6, 6.07) is 1.22. The Hall–Kier alpha value is -0.710. The SMILES string of the molecule is Cc1cc(C(F)F)c(CBr)[nH]c1=O. The molecule has 1 N–H and O–H groups in total. The summed E-state index contributed by atoms with van der Waals surface area (Å²) in [4.78, 5) is 13.4. The summed E-state index contributed by atoms with van der Waals surface area (Å²) >= 11 is 3.03. The highest BCUT2D eigenvalue weighted by Crippen LogP contribution is 2.22. The molecule has 13 heavy (non-hydrogen) atoms. The fraction of sp³-hybridized carbons (Fsp3) is 0.375. The Morgan fingerprint density at radius 2 is 2.23 bits per heavy atom. The van der Waals surface area contributed by atoms with Gasteiger partial charge in [-0.2, -0.15) is 0 Å². The quantitative estimate of drug-likeness (QED) is 0.806. The van der Waals surface area contributed by atoms with E-state index in [-0.39, 0.29) is 22.1 Å². The minimum Gasteiger partial charge on any atom is -0.325 e. The number of H-pyrrole nitrogens is 1. The van der Waals surface area contributed by atoms with Crippen molar-refractivity contribution in [2.45, 2.75) is 18.7 Å². The fourth-order valence-corrected chi connectivity index (χ4v) is 1.46. The molecule has 2 nitrogen and oxygen atoms in total. The van der Waals surface area contributed by atoms with Crippen molar-refractivity contribution in [3.05, 3.63) is 33.2 Å². The zero-order valence-electron chi connectivity index (χ0n) is 6.90. The Kier molecular flexibility index (Phi) is 3.19. The van der Waals surface area contributed by atoms with Gasteiger partial charge in [0, 0.05) is 22.2 Å². The molecule has 0 aliphatic heterocycles. The summed E-state index contributed by atoms with van der Waals surface area (Å²) < 4.78 is 24.8. The predicted molar refractivity (Wildman–Crippen MR) is 49.4 cm³/mol. The Morgan fingerprint density at radius 1 is 1.62 bits per heavy atom. The molecule has 0 atom stereocenters. The van der Waals surface area contributed by atoms with E-state index in [2.05, 4.69) is 20.9 Å². The predicted octanol–water partition coefficient (Wildman–Crippen LogP) is 2.52. The van der Waals surface area contributed by atoms with Crippen LogP contribution in [0.2, 0.25) is 0 Å². The number of hydrogen-bond donors (Lipinski definition) is 1. The van der Waals surface area contributed by atoms with Crippen LogP contribution in [-0.4, -0.2) is 4.98 Å². The molecule has 0 amide bonds. The molecule has 0 fully saturated rings. The monoisotopic (exact) mass is 251 g/mol. The number of hydrogen-bond acceptors (Lipinski definition) is 1. The van der Waals surface area contributed by atoms with Crippen LogP contribution in [0.5, 0.6) is 0 Å². The third-order valence-electron chi connectivity index (χ3n) is 1.71. The maximum Gasteiger partial charge on any atom is 0.265 e. The molecule has 1 rings (SSSR count). The zero-order valence-corrected chi connectivity index (χ0v) is 8.49. The lowest BCUT2D eigenvalue weighted by Crippen LogP contribution is -2.13. The number of alkyl halides is 3. The van der Waals surface area contributed by atoms with E-state index in [1.165, 1.54) is 13.0 Å². The van der Waals surface area contributed by atoms with Crippen LogP contribution in [0.4, 0.5) is 8.78 Å². The number of rotatable bonds is 2. The number of aryl methyl sites for hydroxylation is 1. The third kappa shape index (κ3) is 2.15. The molecular weight excluding hydrogens is 244 g/mol. The van der Waals surface area contributed by atoms with Crippen molar-refractivity contribution in [2.75, 3.05) is 0 Å². The highest BCUT2D eigenvalue weighted by molar-refractivity contribution is 9.08. The second kappa shape index (κ2) is 4.00. The minimum atomic E-state index is -2.55. The van der Waals surface area contributed by atoms with Crippen molar-refractivity contribution >= 4 is 15.9 Å². The largest absolute Gasteiger partial charge is 0.325 e. The summed E-state index contributed by atoms with van der Waals surface area (Å²) in [6.45, 7) is 1.50. The number of nitrogens with one attached hydrogen (secondary N) is 1. The molecule has 0 spiro atoms. The maximum absolute atomic E-state index is 12.4. The standard InChI is InChI=1S/C8H8BrF2NO/c1-4-2-5(7(10)11)6(3-9)12-8(4)13/h2,7H,3H2,1H3,(H,12,13). The molecule has 0 aromatic carbocycles. The van der Waals surface area contributed by atoms with Crippen LogP contribution in [0.15, 0.2) is 10.9 Å². The van der Waals surface area contributed by atoms with Gasteiger partial charge in [0.05, 0.1) is 0 Å². The van der Waals surface area contributed by atoms with Crippen molar-refractivity contribution in [3.8, 4) is 0 Å². The first-order valence-electron chi connectivity index (χ1n) is 3.63. The molecular formula is C8H8BrF2NO. The van der Waals surface area contributed by atoms with Gasteiger partial charge in [-0.3, -0.25) is 4.79 Å². The average molecular weight is 252 g/mol. The number of aromatic nitrogens is 1. The Bertz CT molecular complexity index is 362. The van der Waals surface area contributed by atoms with Crippen LogP contribution in [-0.2, 0) is 5.33 Å². The first-order valence-corrected chi connectivity index (χ1v) is 4.75. The number of pyridine rings is 1. The van der Waals surface area contributed by atoms with E-state index in [4.69, 9.17) is 0 Å². The van der Waals surface area contributed by atoms with E-state index in [0.29, 0.717) is 5.56 Å². The van der Waals surface area contributed by atoms with Crippen molar-refractivity contribution < 1.29 is 8.78 Å². The van der Waals surface area contributed by atoms with Crippen molar-refractivity contribution in [1.29, 1.82) is 0 Å². The van der Waals surface area contributed by atoms with E-state index in [1.54, 1.807) is 0 Å². The maximum atomic E-state index is 12.4. The summed E-state index contributed by atoms with van der Waals surface area (Å²) in [5.74, 6) is 0. The Labute approximate surface area is 82.1 Å². The molecule has 1 heterocycles. The second-order valence-electron chi connectivity index (χ2n) is 2.65. The first-order chi connectivity index (χ1) is 6.06. The first kappa shape index (κ1) is 10.4. The summed E-state index contributed by atoms with van der Waals surface area (Å²) in [7, 11) is 0. The molecule has 0 aliphatic carbocycles. The normalized spacial score (nSPS) is 10.8. The topological polar surface area (TPSA) is 32.9 Å². The van der Waals surface area contributed by atoms with Crippen LogP contribution < -0.4 is 5.56 Å². The molecule has 0 unspecified atom stereocenters. The summed E-state index contributed by atoms with van der Waals surface area (Å²) in [6.07, 6.45) is -2.55. The van der Waals surface area contributed by atoms with Gasteiger partial charge in [0.1, 0.15) is 0 Å². The van der Waals surface area contributed by atoms with Gasteiger partial charge >= 0.3 is 0 Å². The van der Waals surface area contributed by atoms with Crippen molar-refractivity contribution in [1.82, 2.24) is 4.98 Å². The Morgan fingerprint density at radius 3 is 2.69 bits per heavy atom. The van der Waals surface area contributed by atoms with Gasteiger partial charge in [-0.25, -0.2) is 8.78 Å². The van der Waals surface area contributed by atoms with E-state index in [0.717, 1.165) is 0 Å². The van der Waals surface area contributed by atoms with Gasteiger partial charge in [0.15, 0.2) is 0 Å². The van der Waals surface area contributed by atoms with Gasteiger partial charge in [0.25, 0.3) is 12.0 Å². The molecule has 0 saturated heterocycles. The third-order valence-corrected chi connectivity index (χ3v) is 2.27. The highest BCUT2D eigenvalue weighted by Gasteiger charge is 2.13. The summed E-state index contributed by atoms with van der Waals surface area (Å²) in [5, 5.41) is 0.224. The lowest BCUT2D eigenvalue weighted by molar-refractivity contribution is 0.150. The molecule has 1 aromatic rings. The number of halogens is 3. The van der Waals surface area contributed by atoms with Crippen LogP contribution >= 0.6 is 15.9 Å². The molecule has 1 aromatic heterocycles. The lowest BCUT2D eigenvalue weighted by Gasteiger charge is -2.06. The van der Waals surface area contributed by atoms with E-state index in [1.807, 2.05) is 0 Å². The van der Waals surface area contributed by atoms with Crippen LogP contribution in [0.3, 0.4) is 0 Å². The van der Waals surface area contributed by atoms with Gasteiger partial charge in [0.2, 0.25) is 0 Å². The van der Waals surface area contributed by atoms with Crippen LogP contribution in [0.25, 0.3) is 0 Å². The average Bonchev–Trinajstić information content (AvgIpc) is 2.08. The van der Waals surface area contributed by atoms with Crippen molar-refractivity contribution in [3.63, 3.8) is 0 Å². The highest BCUT2D eigenvalue weighted by atomic mass is 79.9. The van der Waals surface area contributed by atoms with Crippen molar-refractivity contribution in [2.24, 2.45) is 0 Å². The van der Waals surface area contributed by atoms with Crippen LogP contribution in [0, 0.1) is 6.92 Å². The molecule has 5 heteroatoms. The van der Waals surface area contributed by atoms with Crippen LogP contribution in [0.1, 0.15) is 23.2 Å². The zero-order chi connectivity index (χ0) is 10.0. The molecule has 0 aliphatic rings. The molecule has 72 valence electrons. The fourth-order valence-electron chi connectivity index (χ4n) is 0.999. The lowest BCUT2D eigenvalue weighted by atomic mass is 10.1. The van der Waals surface area contributed by atoms with E-state index >= 15 is 0 Å². The molecule has 0 radical (unpaired) electrons. The molecule has 0 bridgehead atoms. The smallest absolute Gasteiger partial charge is 0.265 e. The number of aromatic amines is 1. The molecule has 0 saturated carbocycles. The van der Waals surface area contributed by atoms with Gasteiger partial charge < -0.3 is 4.98 Å². The minimum absolute atomic E-state index is 0.117. The van der Waals surface area contributed by atoms with Gasteiger partial charge in [-0.05, 0) is 13.0 Å². The van der Waals surface area contributed by atoms with Gasteiger partial charge in [-0.15, -0.1) is 0 Å². The van der Waals surface area contributed by atoms with E-state index in [9.17, 15) is 13.6 Å². The summed E-state index contributed by atoms with van der Waals surface area (Å²) in [5.41, 5.74) is 0.110. The van der Waals surface area contributed by atoms with E-state index < -0.39 is 6.43 Å².